The van der Waals surface area contributed by atoms with Gasteiger partial charge in [0, 0.05) is 22.8 Å². The molecule has 1 atom stereocenters. The predicted octanol–water partition coefficient (Wildman–Crippen LogP) is 3.04. The van der Waals surface area contributed by atoms with Gasteiger partial charge in [-0.1, -0.05) is 11.6 Å². The molecule has 0 saturated heterocycles. The van der Waals surface area contributed by atoms with Crippen molar-refractivity contribution in [2.45, 2.75) is 6.04 Å². The van der Waals surface area contributed by atoms with E-state index in [9.17, 15) is 0 Å². The Labute approximate surface area is 99.2 Å². The van der Waals surface area contributed by atoms with Gasteiger partial charge in [0.05, 0.1) is 18.6 Å². The summed E-state index contributed by atoms with van der Waals surface area (Å²) in [6.45, 7) is 0.502. The van der Waals surface area contributed by atoms with Crippen molar-refractivity contribution in [2.24, 2.45) is 5.73 Å². The maximum Gasteiger partial charge on any atom is 0.0955 e. The minimum Gasteiger partial charge on any atom is -0.472 e. The molecule has 3 nitrogen and oxygen atoms in total. The minimum absolute atomic E-state index is 0.0555. The zero-order valence-electron chi connectivity index (χ0n) is 8.69. The van der Waals surface area contributed by atoms with E-state index in [-0.39, 0.29) is 6.04 Å². The highest BCUT2D eigenvalue weighted by atomic mass is 35.5. The van der Waals surface area contributed by atoms with Crippen molar-refractivity contribution in [3.63, 3.8) is 0 Å². The van der Waals surface area contributed by atoms with E-state index in [2.05, 4.69) is 5.32 Å². The Morgan fingerprint density at radius 1 is 1.25 bits per heavy atom. The van der Waals surface area contributed by atoms with Crippen LogP contribution in [0.4, 0.5) is 5.69 Å². The number of rotatable bonds is 4. The summed E-state index contributed by atoms with van der Waals surface area (Å²) >= 11 is 5.81. The Balaban J connectivity index is 2.10. The van der Waals surface area contributed by atoms with E-state index in [1.807, 2.05) is 30.3 Å². The molecule has 84 valence electrons. The van der Waals surface area contributed by atoms with Crippen molar-refractivity contribution in [3.8, 4) is 0 Å². The molecule has 0 aliphatic carbocycles. The highest BCUT2D eigenvalue weighted by Crippen LogP contribution is 2.20. The molecule has 0 aliphatic rings. The SMILES string of the molecule is NCC(Nc1ccc(Cl)cc1)c1ccoc1. The topological polar surface area (TPSA) is 51.2 Å². The Morgan fingerprint density at radius 2 is 2.00 bits per heavy atom. The lowest BCUT2D eigenvalue weighted by molar-refractivity contribution is 0.561. The third-order valence-corrected chi connectivity index (χ3v) is 2.62. The predicted molar refractivity (Wildman–Crippen MR) is 65.6 cm³/mol. The molecular formula is C12H13ClN2O. The number of hydrogen-bond donors (Lipinski definition) is 2. The number of nitrogens with two attached hydrogens (primary N) is 1. The van der Waals surface area contributed by atoms with Gasteiger partial charge in [-0.2, -0.15) is 0 Å². The Hall–Kier alpha value is -1.45. The number of nitrogens with one attached hydrogen (secondary N) is 1. The fraction of sp³-hybridized carbons (Fsp3) is 0.167. The standard InChI is InChI=1S/C12H13ClN2O/c13-10-1-3-11(4-2-10)15-12(7-14)9-5-6-16-8-9/h1-6,8,12,15H,7,14H2. The quantitative estimate of drug-likeness (QED) is 0.858. The average molecular weight is 237 g/mol. The number of halogens is 1. The summed E-state index contributed by atoms with van der Waals surface area (Å²) in [5.41, 5.74) is 7.74. The monoisotopic (exact) mass is 236 g/mol. The molecule has 0 bridgehead atoms. The van der Waals surface area contributed by atoms with Gasteiger partial charge in [-0.3, -0.25) is 0 Å². The van der Waals surface area contributed by atoms with E-state index >= 15 is 0 Å². The molecule has 2 rings (SSSR count). The normalized spacial score (nSPS) is 12.4. The molecule has 2 aromatic rings. The van der Waals surface area contributed by atoms with Gasteiger partial charge in [-0.15, -0.1) is 0 Å². The molecule has 0 fully saturated rings. The molecule has 0 saturated carbocycles. The van der Waals surface area contributed by atoms with E-state index in [0.717, 1.165) is 16.3 Å². The fourth-order valence-electron chi connectivity index (χ4n) is 1.50. The summed E-state index contributed by atoms with van der Waals surface area (Å²) in [5.74, 6) is 0. The van der Waals surface area contributed by atoms with Crippen LogP contribution in [0.15, 0.2) is 47.3 Å². The summed E-state index contributed by atoms with van der Waals surface area (Å²) < 4.78 is 5.04. The van der Waals surface area contributed by atoms with Crippen LogP contribution in [0.2, 0.25) is 5.02 Å². The Morgan fingerprint density at radius 3 is 2.56 bits per heavy atom. The minimum atomic E-state index is 0.0555. The lowest BCUT2D eigenvalue weighted by Gasteiger charge is -2.16. The van der Waals surface area contributed by atoms with E-state index in [4.69, 9.17) is 21.8 Å². The lowest BCUT2D eigenvalue weighted by Crippen LogP contribution is -2.19. The van der Waals surface area contributed by atoms with Gasteiger partial charge >= 0.3 is 0 Å². The molecule has 3 N–H and O–H groups in total. The summed E-state index contributed by atoms with van der Waals surface area (Å²) in [5, 5.41) is 4.04. The highest BCUT2D eigenvalue weighted by Gasteiger charge is 2.10. The van der Waals surface area contributed by atoms with Gasteiger partial charge < -0.3 is 15.5 Å². The van der Waals surface area contributed by atoms with E-state index in [1.165, 1.54) is 0 Å². The van der Waals surface area contributed by atoms with Crippen molar-refractivity contribution in [1.29, 1.82) is 0 Å². The maximum atomic E-state index is 5.81. The van der Waals surface area contributed by atoms with Crippen LogP contribution in [0.5, 0.6) is 0 Å². The smallest absolute Gasteiger partial charge is 0.0955 e. The number of hydrogen-bond acceptors (Lipinski definition) is 3. The first-order chi connectivity index (χ1) is 7.79. The van der Waals surface area contributed by atoms with Gasteiger partial charge in [0.25, 0.3) is 0 Å². The molecular weight excluding hydrogens is 224 g/mol. The Bertz CT molecular complexity index is 425. The van der Waals surface area contributed by atoms with Crippen molar-refractivity contribution in [3.05, 3.63) is 53.4 Å². The van der Waals surface area contributed by atoms with Gasteiger partial charge in [0.15, 0.2) is 0 Å². The number of furan rings is 1. The second-order valence-electron chi connectivity index (χ2n) is 3.50. The van der Waals surface area contributed by atoms with Crippen LogP contribution >= 0.6 is 11.6 Å². The second kappa shape index (κ2) is 5.05. The lowest BCUT2D eigenvalue weighted by atomic mass is 10.1. The summed E-state index contributed by atoms with van der Waals surface area (Å²) in [6.07, 6.45) is 3.34. The summed E-state index contributed by atoms with van der Waals surface area (Å²) in [7, 11) is 0. The first kappa shape index (κ1) is 11.0. The highest BCUT2D eigenvalue weighted by molar-refractivity contribution is 6.30. The van der Waals surface area contributed by atoms with Crippen LogP contribution in [0.25, 0.3) is 0 Å². The zero-order chi connectivity index (χ0) is 11.4. The van der Waals surface area contributed by atoms with Crippen molar-refractivity contribution in [2.75, 3.05) is 11.9 Å². The largest absolute Gasteiger partial charge is 0.472 e. The molecule has 1 heterocycles. The average Bonchev–Trinajstić information content (AvgIpc) is 2.82. The molecule has 0 amide bonds. The molecule has 16 heavy (non-hydrogen) atoms. The van der Waals surface area contributed by atoms with Crippen LogP contribution < -0.4 is 11.1 Å². The number of anilines is 1. The van der Waals surface area contributed by atoms with Crippen molar-refractivity contribution < 1.29 is 4.42 Å². The van der Waals surface area contributed by atoms with E-state index in [0.29, 0.717) is 6.54 Å². The summed E-state index contributed by atoms with van der Waals surface area (Å²) in [4.78, 5) is 0. The first-order valence-electron chi connectivity index (χ1n) is 5.04. The zero-order valence-corrected chi connectivity index (χ0v) is 9.45. The molecule has 1 aromatic carbocycles. The summed E-state index contributed by atoms with van der Waals surface area (Å²) in [6, 6.07) is 9.48. The van der Waals surface area contributed by atoms with Crippen LogP contribution in [0, 0.1) is 0 Å². The molecule has 0 spiro atoms. The third kappa shape index (κ3) is 2.56. The van der Waals surface area contributed by atoms with Crippen LogP contribution in [-0.4, -0.2) is 6.54 Å². The molecule has 1 aromatic heterocycles. The van der Waals surface area contributed by atoms with Gasteiger partial charge in [-0.25, -0.2) is 0 Å². The maximum absolute atomic E-state index is 5.81. The molecule has 0 aliphatic heterocycles. The van der Waals surface area contributed by atoms with E-state index < -0.39 is 0 Å². The molecule has 1 unspecified atom stereocenters. The Kier molecular flexibility index (Phi) is 3.49. The van der Waals surface area contributed by atoms with Gasteiger partial charge in [0.2, 0.25) is 0 Å². The van der Waals surface area contributed by atoms with Gasteiger partial charge in [0.1, 0.15) is 0 Å². The third-order valence-electron chi connectivity index (χ3n) is 2.37. The molecule has 0 radical (unpaired) electrons. The fourth-order valence-corrected chi connectivity index (χ4v) is 1.62. The van der Waals surface area contributed by atoms with Crippen molar-refractivity contribution >= 4 is 17.3 Å². The van der Waals surface area contributed by atoms with Crippen molar-refractivity contribution in [1.82, 2.24) is 0 Å². The van der Waals surface area contributed by atoms with Crippen LogP contribution in [0.3, 0.4) is 0 Å². The number of benzene rings is 1. The first-order valence-corrected chi connectivity index (χ1v) is 5.41. The van der Waals surface area contributed by atoms with E-state index in [1.54, 1.807) is 12.5 Å². The van der Waals surface area contributed by atoms with Crippen LogP contribution in [0.1, 0.15) is 11.6 Å². The van der Waals surface area contributed by atoms with Gasteiger partial charge in [-0.05, 0) is 30.3 Å². The molecule has 4 heteroatoms. The van der Waals surface area contributed by atoms with Crippen LogP contribution in [-0.2, 0) is 0 Å². The second-order valence-corrected chi connectivity index (χ2v) is 3.93.